The number of amides is 1. The van der Waals surface area contributed by atoms with Crippen LogP contribution in [0, 0.1) is 0 Å². The lowest BCUT2D eigenvalue weighted by Gasteiger charge is -2.08. The van der Waals surface area contributed by atoms with E-state index in [1.807, 2.05) is 41.2 Å². The quantitative estimate of drug-likeness (QED) is 0.710. The first-order valence-corrected chi connectivity index (χ1v) is 7.54. The molecular weight excluding hydrogens is 274 g/mol. The van der Waals surface area contributed by atoms with Crippen molar-refractivity contribution in [1.29, 1.82) is 0 Å². The molecule has 0 atom stereocenters. The van der Waals surface area contributed by atoms with Gasteiger partial charge in [-0.1, -0.05) is 42.5 Å². The number of carbonyl (C=O) groups excluding carboxylic acids is 1. The highest BCUT2D eigenvalue weighted by molar-refractivity contribution is 5.90. The third-order valence-electron chi connectivity index (χ3n) is 3.68. The summed E-state index contributed by atoms with van der Waals surface area (Å²) >= 11 is 0. The van der Waals surface area contributed by atoms with Crippen LogP contribution in [0.3, 0.4) is 0 Å². The summed E-state index contributed by atoms with van der Waals surface area (Å²) in [7, 11) is 0. The second kappa shape index (κ2) is 6.89. The molecule has 0 saturated heterocycles. The molecule has 1 aromatic heterocycles. The van der Waals surface area contributed by atoms with E-state index in [9.17, 15) is 4.79 Å². The molecule has 0 aliphatic carbocycles. The fourth-order valence-corrected chi connectivity index (χ4v) is 2.58. The molecule has 22 heavy (non-hydrogen) atoms. The van der Waals surface area contributed by atoms with E-state index in [-0.39, 0.29) is 5.91 Å². The molecule has 1 heterocycles. The van der Waals surface area contributed by atoms with E-state index in [1.165, 1.54) is 5.39 Å². The Morgan fingerprint density at radius 1 is 1.09 bits per heavy atom. The second-order valence-electron chi connectivity index (χ2n) is 5.29. The van der Waals surface area contributed by atoms with Crippen LogP contribution in [0.15, 0.2) is 60.9 Å². The number of benzene rings is 2. The molecule has 0 saturated carbocycles. The summed E-state index contributed by atoms with van der Waals surface area (Å²) in [5.41, 5.74) is 1.07. The number of hydrogen-bond acceptors (Lipinski definition) is 2. The third kappa shape index (κ3) is 3.52. The van der Waals surface area contributed by atoms with Gasteiger partial charge in [0.1, 0.15) is 0 Å². The standard InChI is InChI=1S/C18H19N3O/c22-18(19-10-4-12-21-13-5-11-20-21)14-16-8-3-7-15-6-1-2-9-17(15)16/h1-3,5-9,11,13H,4,10,12,14H2,(H,19,22). The Bertz CT molecular complexity index is 745. The molecule has 0 aliphatic heterocycles. The monoisotopic (exact) mass is 293 g/mol. The van der Waals surface area contributed by atoms with Crippen molar-refractivity contribution in [3.05, 3.63) is 66.5 Å². The minimum Gasteiger partial charge on any atom is -0.356 e. The number of aromatic nitrogens is 2. The first-order valence-electron chi connectivity index (χ1n) is 7.54. The minimum absolute atomic E-state index is 0.0665. The Kier molecular flexibility index (Phi) is 4.49. The molecule has 0 bridgehead atoms. The van der Waals surface area contributed by atoms with Gasteiger partial charge in [-0.15, -0.1) is 0 Å². The Hall–Kier alpha value is -2.62. The van der Waals surface area contributed by atoms with Gasteiger partial charge in [0, 0.05) is 25.5 Å². The summed E-state index contributed by atoms with van der Waals surface area (Å²) in [5, 5.41) is 9.44. The van der Waals surface area contributed by atoms with Crippen LogP contribution in [0.5, 0.6) is 0 Å². The molecule has 1 N–H and O–H groups in total. The fourth-order valence-electron chi connectivity index (χ4n) is 2.58. The Morgan fingerprint density at radius 2 is 1.95 bits per heavy atom. The van der Waals surface area contributed by atoms with Gasteiger partial charge in [0.05, 0.1) is 6.42 Å². The zero-order chi connectivity index (χ0) is 15.2. The first-order chi connectivity index (χ1) is 10.8. The van der Waals surface area contributed by atoms with Crippen LogP contribution in [-0.2, 0) is 17.8 Å². The van der Waals surface area contributed by atoms with Crippen molar-refractivity contribution >= 4 is 16.7 Å². The van der Waals surface area contributed by atoms with Crippen LogP contribution in [-0.4, -0.2) is 22.2 Å². The molecule has 0 fully saturated rings. The fraction of sp³-hybridized carbons (Fsp3) is 0.222. The summed E-state index contributed by atoms with van der Waals surface area (Å²) in [6.45, 7) is 1.49. The number of nitrogens with one attached hydrogen (secondary N) is 1. The molecule has 3 aromatic rings. The van der Waals surface area contributed by atoms with E-state index >= 15 is 0 Å². The second-order valence-corrected chi connectivity index (χ2v) is 5.29. The van der Waals surface area contributed by atoms with Crippen LogP contribution in [0.25, 0.3) is 10.8 Å². The number of carbonyl (C=O) groups is 1. The van der Waals surface area contributed by atoms with Crippen LogP contribution < -0.4 is 5.32 Å². The molecule has 1 amide bonds. The van der Waals surface area contributed by atoms with Gasteiger partial charge in [-0.2, -0.15) is 5.10 Å². The Morgan fingerprint density at radius 3 is 2.82 bits per heavy atom. The van der Waals surface area contributed by atoms with Gasteiger partial charge in [-0.05, 0) is 28.8 Å². The van der Waals surface area contributed by atoms with E-state index < -0.39 is 0 Å². The van der Waals surface area contributed by atoms with Gasteiger partial charge in [-0.25, -0.2) is 0 Å². The van der Waals surface area contributed by atoms with Crippen LogP contribution in [0.4, 0.5) is 0 Å². The predicted molar refractivity (Wildman–Crippen MR) is 87.5 cm³/mol. The van der Waals surface area contributed by atoms with E-state index in [0.717, 1.165) is 23.9 Å². The third-order valence-corrected chi connectivity index (χ3v) is 3.68. The largest absolute Gasteiger partial charge is 0.356 e. The summed E-state index contributed by atoms with van der Waals surface area (Å²) in [5.74, 6) is 0.0665. The highest BCUT2D eigenvalue weighted by Gasteiger charge is 2.06. The summed E-state index contributed by atoms with van der Waals surface area (Å²) in [4.78, 5) is 12.1. The molecular formula is C18H19N3O. The maximum absolute atomic E-state index is 12.1. The molecule has 0 aliphatic rings. The zero-order valence-electron chi connectivity index (χ0n) is 12.4. The molecule has 4 nitrogen and oxygen atoms in total. The lowest BCUT2D eigenvalue weighted by molar-refractivity contribution is -0.120. The van der Waals surface area contributed by atoms with Gasteiger partial charge in [0.15, 0.2) is 0 Å². The first kappa shape index (κ1) is 14.3. The maximum atomic E-state index is 12.1. The lowest BCUT2D eigenvalue weighted by Crippen LogP contribution is -2.26. The number of nitrogens with zero attached hydrogens (tertiary/aromatic N) is 2. The molecule has 4 heteroatoms. The summed E-state index contributed by atoms with van der Waals surface area (Å²) in [6, 6.07) is 16.2. The topological polar surface area (TPSA) is 46.9 Å². The highest BCUT2D eigenvalue weighted by Crippen LogP contribution is 2.18. The minimum atomic E-state index is 0.0665. The van der Waals surface area contributed by atoms with Gasteiger partial charge in [-0.3, -0.25) is 9.48 Å². The zero-order valence-corrected chi connectivity index (χ0v) is 12.4. The van der Waals surface area contributed by atoms with Gasteiger partial charge in [0.2, 0.25) is 5.91 Å². The van der Waals surface area contributed by atoms with Crippen molar-refractivity contribution in [3.63, 3.8) is 0 Å². The molecule has 0 unspecified atom stereocenters. The van der Waals surface area contributed by atoms with Crippen LogP contribution in [0.1, 0.15) is 12.0 Å². The normalized spacial score (nSPS) is 10.7. The molecule has 112 valence electrons. The van der Waals surface area contributed by atoms with Gasteiger partial charge < -0.3 is 5.32 Å². The van der Waals surface area contributed by atoms with E-state index in [2.05, 4.69) is 28.6 Å². The van der Waals surface area contributed by atoms with Gasteiger partial charge >= 0.3 is 0 Å². The van der Waals surface area contributed by atoms with Crippen molar-refractivity contribution in [2.24, 2.45) is 0 Å². The van der Waals surface area contributed by atoms with Crippen molar-refractivity contribution in [2.75, 3.05) is 6.54 Å². The molecule has 2 aromatic carbocycles. The van der Waals surface area contributed by atoms with Crippen molar-refractivity contribution in [3.8, 4) is 0 Å². The van der Waals surface area contributed by atoms with Crippen LogP contribution >= 0.6 is 0 Å². The van der Waals surface area contributed by atoms with E-state index in [0.29, 0.717) is 13.0 Å². The Labute approximate surface area is 129 Å². The Balaban J connectivity index is 1.52. The van der Waals surface area contributed by atoms with Crippen LogP contribution in [0.2, 0.25) is 0 Å². The lowest BCUT2D eigenvalue weighted by atomic mass is 10.0. The summed E-state index contributed by atoms with van der Waals surface area (Å²) < 4.78 is 1.87. The number of fused-ring (bicyclic) bond motifs is 1. The van der Waals surface area contributed by atoms with Crippen molar-refractivity contribution in [1.82, 2.24) is 15.1 Å². The molecule has 0 radical (unpaired) electrons. The van der Waals surface area contributed by atoms with Gasteiger partial charge in [0.25, 0.3) is 0 Å². The van der Waals surface area contributed by atoms with Crippen molar-refractivity contribution in [2.45, 2.75) is 19.4 Å². The average molecular weight is 293 g/mol. The van der Waals surface area contributed by atoms with E-state index in [4.69, 9.17) is 0 Å². The predicted octanol–water partition coefficient (Wildman–Crippen LogP) is 2.79. The average Bonchev–Trinajstić information content (AvgIpc) is 3.05. The maximum Gasteiger partial charge on any atom is 0.224 e. The summed E-state index contributed by atoms with van der Waals surface area (Å²) in [6.07, 6.45) is 4.99. The van der Waals surface area contributed by atoms with Crippen molar-refractivity contribution < 1.29 is 4.79 Å². The number of aryl methyl sites for hydroxylation is 1. The SMILES string of the molecule is O=C(Cc1cccc2ccccc12)NCCCn1cccn1. The smallest absolute Gasteiger partial charge is 0.224 e. The van der Waals surface area contributed by atoms with E-state index in [1.54, 1.807) is 6.20 Å². The molecule has 3 rings (SSSR count). The highest BCUT2D eigenvalue weighted by atomic mass is 16.1. The number of hydrogen-bond donors (Lipinski definition) is 1. The molecule has 0 spiro atoms. The number of rotatable bonds is 6.